The van der Waals surface area contributed by atoms with Crippen LogP contribution in [0.25, 0.3) is 0 Å². The molecule has 124 valence electrons. The zero-order valence-electron chi connectivity index (χ0n) is 13.7. The van der Waals surface area contributed by atoms with E-state index < -0.39 is 0 Å². The third-order valence-corrected chi connectivity index (χ3v) is 4.81. The van der Waals surface area contributed by atoms with Crippen molar-refractivity contribution in [2.75, 3.05) is 30.4 Å². The average Bonchev–Trinajstić information content (AvgIpc) is 3.02. The first-order chi connectivity index (χ1) is 11.2. The number of anilines is 2. The fraction of sp³-hybridized carbons (Fsp3) is 0.562. The number of ether oxygens (including phenoxy) is 1. The highest BCUT2D eigenvalue weighted by molar-refractivity contribution is 7.09. The lowest BCUT2D eigenvalue weighted by atomic mass is 9.99. The van der Waals surface area contributed by atoms with Crippen LogP contribution in [0.15, 0.2) is 18.3 Å². The van der Waals surface area contributed by atoms with E-state index >= 15 is 0 Å². The Balaban J connectivity index is 1.52. The molecule has 1 fully saturated rings. The smallest absolute Gasteiger partial charge is 0.202 e. The minimum Gasteiger partial charge on any atom is -0.377 e. The van der Waals surface area contributed by atoms with Gasteiger partial charge in [0.05, 0.1) is 0 Å². The van der Waals surface area contributed by atoms with Gasteiger partial charge in [0.2, 0.25) is 5.13 Å². The third-order valence-electron chi connectivity index (χ3n) is 4.10. The van der Waals surface area contributed by atoms with Crippen LogP contribution in [0.4, 0.5) is 10.9 Å². The summed E-state index contributed by atoms with van der Waals surface area (Å²) in [5.41, 5.74) is 1.14. The van der Waals surface area contributed by atoms with Crippen molar-refractivity contribution in [1.82, 2.24) is 14.3 Å². The van der Waals surface area contributed by atoms with Crippen molar-refractivity contribution in [3.05, 3.63) is 29.7 Å². The Hall–Kier alpha value is -1.73. The lowest BCUT2D eigenvalue weighted by molar-refractivity contribution is 0.179. The molecule has 0 aromatic carbocycles. The van der Waals surface area contributed by atoms with Gasteiger partial charge in [0.1, 0.15) is 12.4 Å². The summed E-state index contributed by atoms with van der Waals surface area (Å²) in [7, 11) is 1.64. The topological polar surface area (TPSA) is 63.2 Å². The summed E-state index contributed by atoms with van der Waals surface area (Å²) in [4.78, 5) is 11.3. The van der Waals surface area contributed by atoms with Gasteiger partial charge in [0.25, 0.3) is 0 Å². The highest BCUT2D eigenvalue weighted by atomic mass is 32.1. The molecule has 23 heavy (non-hydrogen) atoms. The van der Waals surface area contributed by atoms with E-state index in [9.17, 15) is 0 Å². The van der Waals surface area contributed by atoms with Crippen molar-refractivity contribution in [3.63, 3.8) is 0 Å². The van der Waals surface area contributed by atoms with Crippen molar-refractivity contribution in [3.8, 4) is 0 Å². The molecule has 0 amide bonds. The second-order valence-corrected chi connectivity index (χ2v) is 6.75. The Morgan fingerprint density at radius 1 is 1.35 bits per heavy atom. The van der Waals surface area contributed by atoms with Crippen LogP contribution in [0.1, 0.15) is 31.2 Å². The molecular weight excluding hydrogens is 310 g/mol. The summed E-state index contributed by atoms with van der Waals surface area (Å²) in [6.45, 7) is 5.69. The summed E-state index contributed by atoms with van der Waals surface area (Å²) in [6, 6.07) is 4.24. The van der Waals surface area contributed by atoms with Gasteiger partial charge in [-0.1, -0.05) is 13.0 Å². The molecule has 1 N–H and O–H groups in total. The van der Waals surface area contributed by atoms with Crippen LogP contribution in [0.5, 0.6) is 0 Å². The Morgan fingerprint density at radius 2 is 2.17 bits per heavy atom. The van der Waals surface area contributed by atoms with E-state index in [0.717, 1.165) is 35.5 Å². The van der Waals surface area contributed by atoms with Crippen molar-refractivity contribution in [2.24, 2.45) is 5.92 Å². The van der Waals surface area contributed by atoms with Crippen LogP contribution in [0.3, 0.4) is 0 Å². The predicted octanol–water partition coefficient (Wildman–Crippen LogP) is 2.93. The summed E-state index contributed by atoms with van der Waals surface area (Å²) >= 11 is 1.35. The standard InChI is InChI=1S/C16H23N5OS/c1-12-5-7-21(8-6-12)15-4-3-13(9-17-15)10-18-16-19-14(11-22-2)20-23-16/h3-4,9,12H,5-8,10-11H2,1-2H3,(H,18,19,20). The zero-order valence-corrected chi connectivity index (χ0v) is 14.5. The van der Waals surface area contributed by atoms with Crippen LogP contribution in [0, 0.1) is 5.92 Å². The van der Waals surface area contributed by atoms with Gasteiger partial charge < -0.3 is 15.0 Å². The van der Waals surface area contributed by atoms with Crippen LogP contribution >= 0.6 is 11.5 Å². The van der Waals surface area contributed by atoms with Gasteiger partial charge in [0, 0.05) is 44.5 Å². The van der Waals surface area contributed by atoms with Crippen molar-refractivity contribution >= 4 is 22.5 Å². The van der Waals surface area contributed by atoms with Gasteiger partial charge in [-0.05, 0) is 30.4 Å². The molecule has 1 saturated heterocycles. The summed E-state index contributed by atoms with van der Waals surface area (Å²) in [5.74, 6) is 2.64. The Kier molecular flexibility index (Phi) is 5.40. The van der Waals surface area contributed by atoms with Crippen LogP contribution in [-0.4, -0.2) is 34.5 Å². The van der Waals surface area contributed by atoms with E-state index in [1.54, 1.807) is 7.11 Å². The molecule has 1 aliphatic heterocycles. The SMILES string of the molecule is COCc1nsc(NCc2ccc(N3CCC(C)CC3)nc2)n1. The van der Waals surface area contributed by atoms with E-state index in [2.05, 4.69) is 43.6 Å². The first-order valence-corrected chi connectivity index (χ1v) is 8.77. The largest absolute Gasteiger partial charge is 0.377 e. The van der Waals surface area contributed by atoms with Crippen molar-refractivity contribution < 1.29 is 4.74 Å². The monoisotopic (exact) mass is 333 g/mol. The van der Waals surface area contributed by atoms with E-state index in [1.165, 1.54) is 24.4 Å². The molecule has 7 heteroatoms. The van der Waals surface area contributed by atoms with Crippen LogP contribution in [0.2, 0.25) is 0 Å². The number of hydrogen-bond acceptors (Lipinski definition) is 7. The maximum atomic E-state index is 5.02. The fourth-order valence-corrected chi connectivity index (χ4v) is 3.21. The minimum atomic E-state index is 0.447. The van der Waals surface area contributed by atoms with Gasteiger partial charge in [-0.15, -0.1) is 0 Å². The van der Waals surface area contributed by atoms with Gasteiger partial charge in [-0.3, -0.25) is 0 Å². The Morgan fingerprint density at radius 3 is 2.87 bits per heavy atom. The fourth-order valence-electron chi connectivity index (χ4n) is 2.64. The van der Waals surface area contributed by atoms with E-state index in [4.69, 9.17) is 4.74 Å². The lowest BCUT2D eigenvalue weighted by Crippen LogP contribution is -2.33. The Bertz CT molecular complexity index is 607. The number of nitrogens with one attached hydrogen (secondary N) is 1. The molecule has 2 aromatic rings. The molecule has 0 atom stereocenters. The summed E-state index contributed by atoms with van der Waals surface area (Å²) in [5, 5.41) is 4.09. The quantitative estimate of drug-likeness (QED) is 0.877. The van der Waals surface area contributed by atoms with E-state index in [0.29, 0.717) is 19.0 Å². The van der Waals surface area contributed by atoms with Crippen LogP contribution in [-0.2, 0) is 17.9 Å². The normalized spacial score (nSPS) is 15.8. The van der Waals surface area contributed by atoms with Crippen molar-refractivity contribution in [1.29, 1.82) is 0 Å². The zero-order chi connectivity index (χ0) is 16.1. The number of pyridine rings is 1. The minimum absolute atomic E-state index is 0.447. The summed E-state index contributed by atoms with van der Waals surface area (Å²) < 4.78 is 9.24. The van der Waals surface area contributed by atoms with Gasteiger partial charge >= 0.3 is 0 Å². The first kappa shape index (κ1) is 16.1. The molecule has 0 aliphatic carbocycles. The molecular formula is C16H23N5OS. The maximum absolute atomic E-state index is 5.02. The van der Waals surface area contributed by atoms with E-state index in [-0.39, 0.29) is 0 Å². The number of methoxy groups -OCH3 is 1. The highest BCUT2D eigenvalue weighted by Gasteiger charge is 2.16. The lowest BCUT2D eigenvalue weighted by Gasteiger charge is -2.31. The molecule has 2 aromatic heterocycles. The molecule has 0 bridgehead atoms. The number of hydrogen-bond donors (Lipinski definition) is 1. The maximum Gasteiger partial charge on any atom is 0.202 e. The molecule has 3 heterocycles. The van der Waals surface area contributed by atoms with Gasteiger partial charge in [-0.25, -0.2) is 9.97 Å². The highest BCUT2D eigenvalue weighted by Crippen LogP contribution is 2.21. The molecule has 0 saturated carbocycles. The average molecular weight is 333 g/mol. The molecule has 1 aliphatic rings. The summed E-state index contributed by atoms with van der Waals surface area (Å²) in [6.07, 6.45) is 4.45. The molecule has 6 nitrogen and oxygen atoms in total. The van der Waals surface area contributed by atoms with Gasteiger partial charge in [-0.2, -0.15) is 4.37 Å². The van der Waals surface area contributed by atoms with Crippen molar-refractivity contribution in [2.45, 2.75) is 32.9 Å². The first-order valence-electron chi connectivity index (χ1n) is 8.00. The Labute approximate surface area is 141 Å². The van der Waals surface area contributed by atoms with Gasteiger partial charge in [0.15, 0.2) is 5.82 Å². The van der Waals surface area contributed by atoms with E-state index in [1.807, 2.05) is 6.20 Å². The second kappa shape index (κ2) is 7.70. The number of aromatic nitrogens is 3. The molecule has 0 radical (unpaired) electrons. The third kappa shape index (κ3) is 4.39. The number of piperidine rings is 1. The number of nitrogens with zero attached hydrogens (tertiary/aromatic N) is 4. The second-order valence-electron chi connectivity index (χ2n) is 6.00. The molecule has 0 unspecified atom stereocenters. The predicted molar refractivity (Wildman–Crippen MR) is 92.8 cm³/mol. The van der Waals surface area contributed by atoms with Crippen LogP contribution < -0.4 is 10.2 Å². The number of rotatable bonds is 6. The molecule has 0 spiro atoms. The molecule has 3 rings (SSSR count).